The third-order valence-electron chi connectivity index (χ3n) is 3.20. The van der Waals surface area contributed by atoms with Crippen LogP contribution in [-0.4, -0.2) is 21.9 Å². The molecule has 0 aliphatic carbocycles. The number of aryl methyl sites for hydroxylation is 1. The van der Waals surface area contributed by atoms with Crippen molar-refractivity contribution in [3.63, 3.8) is 0 Å². The van der Waals surface area contributed by atoms with Crippen molar-refractivity contribution in [1.29, 1.82) is 5.26 Å². The first-order chi connectivity index (χ1) is 9.51. The second-order valence-corrected chi connectivity index (χ2v) is 4.94. The molecular weight excluding hydrogens is 252 g/mol. The number of hydrogen-bond acceptors (Lipinski definition) is 4. The first kappa shape index (κ1) is 14.1. The predicted octanol–water partition coefficient (Wildman–Crippen LogP) is 1.98. The van der Waals surface area contributed by atoms with E-state index in [1.165, 1.54) is 0 Å². The number of nitrogens with zero attached hydrogens (tertiary/aromatic N) is 4. The van der Waals surface area contributed by atoms with Gasteiger partial charge in [0.2, 0.25) is 0 Å². The largest absolute Gasteiger partial charge is 0.389 e. The summed E-state index contributed by atoms with van der Waals surface area (Å²) in [4.78, 5) is 2.01. The highest BCUT2D eigenvalue weighted by atomic mass is 16.3. The zero-order valence-electron chi connectivity index (χ0n) is 11.9. The van der Waals surface area contributed by atoms with Gasteiger partial charge in [-0.05, 0) is 19.1 Å². The Balaban J connectivity index is 2.32. The topological polar surface area (TPSA) is 65.1 Å². The SMILES string of the molecule is CC(O)c1ccc(C#N)cc1N(C)Cc1cnn(C)c1. The molecule has 0 amide bonds. The summed E-state index contributed by atoms with van der Waals surface area (Å²) in [6.07, 6.45) is 3.19. The molecule has 1 aromatic heterocycles. The molecule has 1 aromatic carbocycles. The van der Waals surface area contributed by atoms with Crippen molar-refractivity contribution in [2.24, 2.45) is 7.05 Å². The lowest BCUT2D eigenvalue weighted by Gasteiger charge is -2.23. The summed E-state index contributed by atoms with van der Waals surface area (Å²) in [5.74, 6) is 0. The van der Waals surface area contributed by atoms with E-state index in [0.29, 0.717) is 12.1 Å². The molecule has 0 spiro atoms. The van der Waals surface area contributed by atoms with Gasteiger partial charge in [-0.15, -0.1) is 0 Å². The van der Waals surface area contributed by atoms with Crippen LogP contribution in [0.25, 0.3) is 0 Å². The molecule has 2 aromatic rings. The first-order valence-electron chi connectivity index (χ1n) is 6.42. The zero-order chi connectivity index (χ0) is 14.7. The van der Waals surface area contributed by atoms with Gasteiger partial charge < -0.3 is 10.0 Å². The highest BCUT2D eigenvalue weighted by Gasteiger charge is 2.13. The lowest BCUT2D eigenvalue weighted by atomic mass is 10.0. The van der Waals surface area contributed by atoms with E-state index < -0.39 is 6.10 Å². The molecule has 2 rings (SSSR count). The van der Waals surface area contributed by atoms with Crippen LogP contribution in [0.1, 0.15) is 29.7 Å². The molecule has 0 bridgehead atoms. The molecule has 20 heavy (non-hydrogen) atoms. The van der Waals surface area contributed by atoms with Gasteiger partial charge in [0.1, 0.15) is 0 Å². The van der Waals surface area contributed by atoms with Crippen LogP contribution in [0, 0.1) is 11.3 Å². The van der Waals surface area contributed by atoms with Crippen molar-refractivity contribution in [2.75, 3.05) is 11.9 Å². The maximum absolute atomic E-state index is 9.86. The Labute approximate surface area is 118 Å². The standard InChI is InChI=1S/C15H18N4O/c1-11(20)14-5-4-12(7-16)6-15(14)18(2)9-13-8-17-19(3)10-13/h4-6,8,10-11,20H,9H2,1-3H3. The van der Waals surface area contributed by atoms with E-state index >= 15 is 0 Å². The lowest BCUT2D eigenvalue weighted by Crippen LogP contribution is -2.18. The second kappa shape index (κ2) is 5.76. The van der Waals surface area contributed by atoms with E-state index in [0.717, 1.165) is 16.8 Å². The van der Waals surface area contributed by atoms with Crippen LogP contribution in [0.2, 0.25) is 0 Å². The molecule has 0 aliphatic rings. The lowest BCUT2D eigenvalue weighted by molar-refractivity contribution is 0.199. The van der Waals surface area contributed by atoms with E-state index in [-0.39, 0.29) is 0 Å². The minimum atomic E-state index is -0.575. The van der Waals surface area contributed by atoms with Gasteiger partial charge in [0, 0.05) is 43.7 Å². The number of aliphatic hydroxyl groups is 1. The van der Waals surface area contributed by atoms with Gasteiger partial charge in [-0.25, -0.2) is 0 Å². The van der Waals surface area contributed by atoms with E-state index in [1.807, 2.05) is 31.4 Å². The van der Waals surface area contributed by atoms with Crippen molar-refractivity contribution in [2.45, 2.75) is 19.6 Å². The van der Waals surface area contributed by atoms with Gasteiger partial charge in [0.25, 0.3) is 0 Å². The number of rotatable bonds is 4. The fourth-order valence-electron chi connectivity index (χ4n) is 2.21. The molecule has 1 atom stereocenters. The number of aromatic nitrogens is 2. The molecule has 1 unspecified atom stereocenters. The Morgan fingerprint density at radius 2 is 2.25 bits per heavy atom. The molecule has 1 N–H and O–H groups in total. The maximum atomic E-state index is 9.86. The minimum absolute atomic E-state index is 0.575. The van der Waals surface area contributed by atoms with Crippen molar-refractivity contribution < 1.29 is 5.11 Å². The smallest absolute Gasteiger partial charge is 0.0992 e. The summed E-state index contributed by atoms with van der Waals surface area (Å²) in [6, 6.07) is 7.47. The van der Waals surface area contributed by atoms with E-state index in [4.69, 9.17) is 5.26 Å². The van der Waals surface area contributed by atoms with Gasteiger partial charge in [-0.2, -0.15) is 10.4 Å². The summed E-state index contributed by atoms with van der Waals surface area (Å²) in [7, 11) is 3.82. The van der Waals surface area contributed by atoms with Gasteiger partial charge in [-0.1, -0.05) is 6.07 Å². The van der Waals surface area contributed by atoms with Crippen LogP contribution >= 0.6 is 0 Å². The van der Waals surface area contributed by atoms with Crippen LogP contribution in [0.5, 0.6) is 0 Å². The Morgan fingerprint density at radius 3 is 2.80 bits per heavy atom. The summed E-state index contributed by atoms with van der Waals surface area (Å²) >= 11 is 0. The summed E-state index contributed by atoms with van der Waals surface area (Å²) in [5.41, 5.74) is 3.34. The quantitative estimate of drug-likeness (QED) is 0.922. The van der Waals surface area contributed by atoms with Crippen LogP contribution in [0.4, 0.5) is 5.69 Å². The van der Waals surface area contributed by atoms with Crippen LogP contribution in [-0.2, 0) is 13.6 Å². The van der Waals surface area contributed by atoms with Crippen LogP contribution in [0.15, 0.2) is 30.6 Å². The van der Waals surface area contributed by atoms with Crippen molar-refractivity contribution in [1.82, 2.24) is 9.78 Å². The van der Waals surface area contributed by atoms with E-state index in [9.17, 15) is 5.11 Å². The van der Waals surface area contributed by atoms with Crippen molar-refractivity contribution >= 4 is 5.69 Å². The molecule has 104 valence electrons. The molecule has 0 fully saturated rings. The van der Waals surface area contributed by atoms with Gasteiger partial charge in [0.05, 0.1) is 23.9 Å². The van der Waals surface area contributed by atoms with Crippen molar-refractivity contribution in [3.8, 4) is 6.07 Å². The second-order valence-electron chi connectivity index (χ2n) is 4.94. The Morgan fingerprint density at radius 1 is 1.50 bits per heavy atom. The molecule has 0 saturated carbocycles. The molecule has 1 heterocycles. The molecular formula is C15H18N4O. The summed E-state index contributed by atoms with van der Waals surface area (Å²) in [5, 5.41) is 23.0. The third-order valence-corrected chi connectivity index (χ3v) is 3.20. The van der Waals surface area contributed by atoms with Gasteiger partial charge in [0.15, 0.2) is 0 Å². The first-order valence-corrected chi connectivity index (χ1v) is 6.42. The highest BCUT2D eigenvalue weighted by molar-refractivity contribution is 5.58. The number of hydrogen-bond donors (Lipinski definition) is 1. The van der Waals surface area contributed by atoms with Crippen molar-refractivity contribution in [3.05, 3.63) is 47.3 Å². The average molecular weight is 270 g/mol. The molecule has 0 saturated heterocycles. The zero-order valence-corrected chi connectivity index (χ0v) is 11.9. The normalized spacial score (nSPS) is 11.9. The summed E-state index contributed by atoms with van der Waals surface area (Å²) < 4.78 is 1.75. The van der Waals surface area contributed by atoms with Gasteiger partial charge >= 0.3 is 0 Å². The Hall–Kier alpha value is -2.32. The predicted molar refractivity (Wildman–Crippen MR) is 77.1 cm³/mol. The highest BCUT2D eigenvalue weighted by Crippen LogP contribution is 2.27. The fraction of sp³-hybridized carbons (Fsp3) is 0.333. The number of aliphatic hydroxyl groups excluding tert-OH is 1. The molecule has 5 nitrogen and oxygen atoms in total. The molecule has 0 aliphatic heterocycles. The minimum Gasteiger partial charge on any atom is -0.389 e. The maximum Gasteiger partial charge on any atom is 0.0992 e. The number of nitriles is 1. The Kier molecular flexibility index (Phi) is 4.06. The molecule has 5 heteroatoms. The van der Waals surface area contributed by atoms with Gasteiger partial charge in [-0.3, -0.25) is 4.68 Å². The van der Waals surface area contributed by atoms with Crippen LogP contribution < -0.4 is 4.90 Å². The summed E-state index contributed by atoms with van der Waals surface area (Å²) in [6.45, 7) is 2.39. The monoisotopic (exact) mass is 270 g/mol. The average Bonchev–Trinajstić information content (AvgIpc) is 2.83. The number of benzene rings is 1. The fourth-order valence-corrected chi connectivity index (χ4v) is 2.21. The van der Waals surface area contributed by atoms with E-state index in [2.05, 4.69) is 11.2 Å². The third kappa shape index (κ3) is 2.98. The number of anilines is 1. The molecule has 0 radical (unpaired) electrons. The van der Waals surface area contributed by atoms with E-state index in [1.54, 1.807) is 29.8 Å². The van der Waals surface area contributed by atoms with Crippen LogP contribution in [0.3, 0.4) is 0 Å². The Bertz CT molecular complexity index is 640.